The van der Waals surface area contributed by atoms with Gasteiger partial charge in [0.05, 0.1) is 5.69 Å². The Morgan fingerprint density at radius 2 is 1.86 bits per heavy atom. The Kier molecular flexibility index (Phi) is 3.62. The molecule has 21 heavy (non-hydrogen) atoms. The Bertz CT molecular complexity index is 772. The largest absolute Gasteiger partial charge is 0.322 e. The van der Waals surface area contributed by atoms with E-state index in [1.165, 1.54) is 22.5 Å². The summed E-state index contributed by atoms with van der Waals surface area (Å²) in [6.45, 7) is 4.10. The number of rotatable bonds is 3. The number of benzene rings is 1. The fraction of sp³-hybridized carbons (Fsp3) is 0.118. The monoisotopic (exact) mass is 296 g/mol. The summed E-state index contributed by atoms with van der Waals surface area (Å²) in [4.78, 5) is 13.2. The minimum Gasteiger partial charge on any atom is -0.322 e. The van der Waals surface area contributed by atoms with Crippen molar-refractivity contribution in [2.24, 2.45) is 0 Å². The molecule has 0 fully saturated rings. The second-order valence-electron chi connectivity index (χ2n) is 4.98. The fourth-order valence-corrected chi connectivity index (χ4v) is 2.96. The molecule has 0 saturated carbocycles. The van der Waals surface area contributed by atoms with Crippen molar-refractivity contribution in [2.45, 2.75) is 13.8 Å². The van der Waals surface area contributed by atoms with Crippen LogP contribution in [0.15, 0.2) is 54.2 Å². The number of hydrogen-bond acceptors (Lipinski definition) is 2. The van der Waals surface area contributed by atoms with Crippen LogP contribution in [0.4, 0.5) is 5.69 Å². The van der Waals surface area contributed by atoms with Crippen molar-refractivity contribution in [1.29, 1.82) is 0 Å². The molecule has 2 heterocycles. The van der Waals surface area contributed by atoms with Crippen LogP contribution in [-0.2, 0) is 0 Å². The minimum absolute atomic E-state index is 0.0723. The van der Waals surface area contributed by atoms with Crippen molar-refractivity contribution < 1.29 is 4.79 Å². The van der Waals surface area contributed by atoms with E-state index >= 15 is 0 Å². The van der Waals surface area contributed by atoms with Crippen LogP contribution in [0.25, 0.3) is 5.69 Å². The highest BCUT2D eigenvalue weighted by atomic mass is 32.1. The number of nitrogens with one attached hydrogen (secondary N) is 1. The third-order valence-electron chi connectivity index (χ3n) is 3.50. The Hall–Kier alpha value is -2.33. The van der Waals surface area contributed by atoms with Crippen molar-refractivity contribution >= 4 is 22.9 Å². The topological polar surface area (TPSA) is 34.0 Å². The summed E-state index contributed by atoms with van der Waals surface area (Å²) >= 11 is 1.45. The summed E-state index contributed by atoms with van der Waals surface area (Å²) in [7, 11) is 0. The molecular formula is C17H16N2OS. The van der Waals surface area contributed by atoms with Gasteiger partial charge in [0.2, 0.25) is 0 Å². The summed E-state index contributed by atoms with van der Waals surface area (Å²) in [5.41, 5.74) is 4.13. The van der Waals surface area contributed by atoms with E-state index in [2.05, 4.69) is 12.2 Å². The van der Waals surface area contributed by atoms with Crippen LogP contribution in [0.2, 0.25) is 0 Å². The van der Waals surface area contributed by atoms with E-state index in [4.69, 9.17) is 0 Å². The summed E-state index contributed by atoms with van der Waals surface area (Å²) in [6.07, 6.45) is 3.88. The van der Waals surface area contributed by atoms with E-state index in [1.807, 2.05) is 65.7 Å². The molecule has 3 rings (SSSR count). The molecule has 4 heteroatoms. The lowest BCUT2D eigenvalue weighted by molar-refractivity contribution is 0.103. The maximum Gasteiger partial charge on any atom is 0.267 e. The highest BCUT2D eigenvalue weighted by molar-refractivity contribution is 7.12. The van der Waals surface area contributed by atoms with Gasteiger partial charge in [-0.15, -0.1) is 11.3 Å². The molecule has 0 unspecified atom stereocenters. The van der Waals surface area contributed by atoms with Crippen LogP contribution < -0.4 is 5.32 Å². The Balaban J connectivity index is 1.86. The van der Waals surface area contributed by atoms with Gasteiger partial charge >= 0.3 is 0 Å². The number of aryl methyl sites for hydroxylation is 2. The lowest BCUT2D eigenvalue weighted by atomic mass is 10.1. The third kappa shape index (κ3) is 2.76. The van der Waals surface area contributed by atoms with E-state index in [0.717, 1.165) is 11.4 Å². The zero-order valence-corrected chi connectivity index (χ0v) is 12.8. The average Bonchev–Trinajstić information content (AvgIpc) is 3.12. The number of nitrogens with zero attached hydrogens (tertiary/aromatic N) is 1. The molecule has 3 aromatic rings. The fourth-order valence-electron chi connectivity index (χ4n) is 2.18. The Labute approximate surface area is 127 Å². The molecule has 3 nitrogen and oxygen atoms in total. The predicted octanol–water partition coefficient (Wildman–Crippen LogP) is 4.41. The summed E-state index contributed by atoms with van der Waals surface area (Å²) in [6, 6.07) is 11.8. The van der Waals surface area contributed by atoms with Gasteiger partial charge in [-0.2, -0.15) is 0 Å². The first-order valence-electron chi connectivity index (χ1n) is 6.74. The molecule has 0 spiro atoms. The van der Waals surface area contributed by atoms with Gasteiger partial charge in [0.15, 0.2) is 0 Å². The SMILES string of the molecule is Cc1ccc(NC(=O)c2sccc2-n2cccc2)cc1C. The van der Waals surface area contributed by atoms with E-state index in [-0.39, 0.29) is 5.91 Å². The Morgan fingerprint density at radius 3 is 2.57 bits per heavy atom. The molecule has 0 aliphatic carbocycles. The van der Waals surface area contributed by atoms with Crippen LogP contribution in [0.1, 0.15) is 20.8 Å². The number of anilines is 1. The maximum atomic E-state index is 12.5. The number of carbonyl (C=O) groups excluding carboxylic acids is 1. The number of carbonyl (C=O) groups is 1. The number of hydrogen-bond donors (Lipinski definition) is 1. The van der Waals surface area contributed by atoms with E-state index in [9.17, 15) is 4.79 Å². The van der Waals surface area contributed by atoms with Crippen LogP contribution >= 0.6 is 11.3 Å². The number of aromatic nitrogens is 1. The van der Waals surface area contributed by atoms with Gasteiger partial charge in [-0.3, -0.25) is 4.79 Å². The van der Waals surface area contributed by atoms with Crippen LogP contribution in [-0.4, -0.2) is 10.5 Å². The Morgan fingerprint density at radius 1 is 1.10 bits per heavy atom. The molecule has 0 aliphatic heterocycles. The van der Waals surface area contributed by atoms with Gasteiger partial charge in [-0.25, -0.2) is 0 Å². The zero-order chi connectivity index (χ0) is 14.8. The molecule has 0 radical (unpaired) electrons. The van der Waals surface area contributed by atoms with Crippen LogP contribution in [0.5, 0.6) is 0 Å². The molecule has 0 atom stereocenters. The summed E-state index contributed by atoms with van der Waals surface area (Å²) in [5.74, 6) is -0.0723. The van der Waals surface area contributed by atoms with Crippen molar-refractivity contribution in [1.82, 2.24) is 4.57 Å². The van der Waals surface area contributed by atoms with Gasteiger partial charge in [0.1, 0.15) is 4.88 Å². The molecular weight excluding hydrogens is 280 g/mol. The standard InChI is InChI=1S/C17H16N2OS/c1-12-5-6-14(11-13(12)2)18-17(20)16-15(7-10-21-16)19-8-3-4-9-19/h3-11H,1-2H3,(H,18,20). The molecule has 0 saturated heterocycles. The van der Waals surface area contributed by atoms with Gasteiger partial charge in [0, 0.05) is 18.1 Å². The number of amides is 1. The minimum atomic E-state index is -0.0723. The highest BCUT2D eigenvalue weighted by Gasteiger charge is 2.14. The van der Waals surface area contributed by atoms with Crippen molar-refractivity contribution in [3.8, 4) is 5.69 Å². The first-order chi connectivity index (χ1) is 10.1. The van der Waals surface area contributed by atoms with Crippen molar-refractivity contribution in [2.75, 3.05) is 5.32 Å². The smallest absolute Gasteiger partial charge is 0.267 e. The second-order valence-corrected chi connectivity index (χ2v) is 5.89. The molecule has 1 N–H and O–H groups in total. The van der Waals surface area contributed by atoms with Crippen LogP contribution in [0.3, 0.4) is 0 Å². The van der Waals surface area contributed by atoms with Crippen LogP contribution in [0, 0.1) is 13.8 Å². The molecule has 0 aliphatic rings. The normalized spacial score (nSPS) is 10.6. The summed E-state index contributed by atoms with van der Waals surface area (Å²) < 4.78 is 1.95. The third-order valence-corrected chi connectivity index (χ3v) is 4.40. The first kappa shape index (κ1) is 13.6. The van der Waals surface area contributed by atoms with Crippen molar-refractivity contribution in [3.63, 3.8) is 0 Å². The molecule has 1 aromatic carbocycles. The van der Waals surface area contributed by atoms with Gasteiger partial charge < -0.3 is 9.88 Å². The van der Waals surface area contributed by atoms with E-state index in [1.54, 1.807) is 0 Å². The highest BCUT2D eigenvalue weighted by Crippen LogP contribution is 2.23. The summed E-state index contributed by atoms with van der Waals surface area (Å²) in [5, 5.41) is 4.91. The average molecular weight is 296 g/mol. The van der Waals surface area contributed by atoms with Gasteiger partial charge in [0.25, 0.3) is 5.91 Å². The number of thiophene rings is 1. The van der Waals surface area contributed by atoms with Crippen molar-refractivity contribution in [3.05, 3.63) is 70.2 Å². The van der Waals surface area contributed by atoms with Gasteiger partial charge in [-0.05, 0) is 60.7 Å². The van der Waals surface area contributed by atoms with Gasteiger partial charge in [-0.1, -0.05) is 6.07 Å². The van der Waals surface area contributed by atoms with E-state index in [0.29, 0.717) is 4.88 Å². The predicted molar refractivity (Wildman–Crippen MR) is 87.5 cm³/mol. The quantitative estimate of drug-likeness (QED) is 0.763. The maximum absolute atomic E-state index is 12.5. The molecule has 0 bridgehead atoms. The lowest BCUT2D eigenvalue weighted by Gasteiger charge is -2.08. The molecule has 2 aromatic heterocycles. The zero-order valence-electron chi connectivity index (χ0n) is 12.0. The first-order valence-corrected chi connectivity index (χ1v) is 7.62. The second kappa shape index (κ2) is 5.58. The molecule has 1 amide bonds. The lowest BCUT2D eigenvalue weighted by Crippen LogP contribution is -2.12. The van der Waals surface area contributed by atoms with E-state index < -0.39 is 0 Å². The molecule has 106 valence electrons.